The molecule has 0 radical (unpaired) electrons. The van der Waals surface area contributed by atoms with Gasteiger partial charge in [-0.25, -0.2) is 9.48 Å². The van der Waals surface area contributed by atoms with Crippen molar-refractivity contribution in [1.82, 2.24) is 24.9 Å². The van der Waals surface area contributed by atoms with E-state index in [1.807, 2.05) is 49.4 Å². The standard InChI is InChI=1S/C24H24ClN5O3/c1-2-32-24(31)30-11-9-19-20-15-17(25)5-8-21(20)27-22(19)23(30)16-3-6-18(7-4-16)33-14-13-29-12-10-26-28-29/h3-8,10,12,15,23,27H,2,9,11,13-14H2,1H3. The largest absolute Gasteiger partial charge is 0.492 e. The normalized spacial score (nSPS) is 15.5. The highest BCUT2D eigenvalue weighted by molar-refractivity contribution is 6.31. The SMILES string of the molecule is CCOC(=O)N1CCc2c([nH]c3ccc(Cl)cc23)C1c1ccc(OCCn2ccnn2)cc1. The average Bonchev–Trinajstić information content (AvgIpc) is 3.47. The van der Waals surface area contributed by atoms with Gasteiger partial charge >= 0.3 is 6.09 Å². The fraction of sp³-hybridized carbons (Fsp3) is 0.292. The number of nitrogens with one attached hydrogen (secondary N) is 1. The molecule has 170 valence electrons. The number of aromatic amines is 1. The van der Waals surface area contributed by atoms with E-state index in [-0.39, 0.29) is 12.1 Å². The minimum absolute atomic E-state index is 0.289. The number of amides is 1. The van der Waals surface area contributed by atoms with Crippen molar-refractivity contribution >= 4 is 28.6 Å². The first kappa shape index (κ1) is 21.3. The van der Waals surface area contributed by atoms with Gasteiger partial charge in [0.15, 0.2) is 0 Å². The molecule has 0 bridgehead atoms. The van der Waals surface area contributed by atoms with Gasteiger partial charge in [0.25, 0.3) is 0 Å². The van der Waals surface area contributed by atoms with E-state index in [0.29, 0.717) is 31.3 Å². The van der Waals surface area contributed by atoms with Crippen molar-refractivity contribution in [3.63, 3.8) is 0 Å². The van der Waals surface area contributed by atoms with Crippen LogP contribution >= 0.6 is 11.6 Å². The Morgan fingerprint density at radius 2 is 2.09 bits per heavy atom. The number of ether oxygens (including phenoxy) is 2. The predicted molar refractivity (Wildman–Crippen MR) is 125 cm³/mol. The molecule has 1 N–H and O–H groups in total. The van der Waals surface area contributed by atoms with Crippen molar-refractivity contribution < 1.29 is 14.3 Å². The molecular weight excluding hydrogens is 442 g/mol. The number of H-pyrrole nitrogens is 1. The summed E-state index contributed by atoms with van der Waals surface area (Å²) in [6, 6.07) is 13.4. The van der Waals surface area contributed by atoms with Crippen molar-refractivity contribution in [2.45, 2.75) is 25.9 Å². The minimum atomic E-state index is -0.321. The van der Waals surface area contributed by atoms with E-state index in [0.717, 1.165) is 34.3 Å². The second kappa shape index (κ2) is 9.15. The van der Waals surface area contributed by atoms with E-state index < -0.39 is 0 Å². The lowest BCUT2D eigenvalue weighted by molar-refractivity contribution is 0.0932. The van der Waals surface area contributed by atoms with Gasteiger partial charge in [0.05, 0.1) is 19.3 Å². The fourth-order valence-corrected chi connectivity index (χ4v) is 4.54. The lowest BCUT2D eigenvalue weighted by Crippen LogP contribution is -2.40. The van der Waals surface area contributed by atoms with Crippen molar-refractivity contribution in [3.05, 3.63) is 76.7 Å². The summed E-state index contributed by atoms with van der Waals surface area (Å²) in [6.07, 6.45) is 3.84. The maximum atomic E-state index is 12.8. The van der Waals surface area contributed by atoms with Crippen LogP contribution in [0, 0.1) is 0 Å². The molecular formula is C24H24ClN5O3. The summed E-state index contributed by atoms with van der Waals surface area (Å²) in [4.78, 5) is 18.1. The van der Waals surface area contributed by atoms with Gasteiger partial charge in [-0.1, -0.05) is 28.9 Å². The Kier molecular flexibility index (Phi) is 5.92. The molecule has 4 aromatic rings. The number of fused-ring (bicyclic) bond motifs is 3. The first-order chi connectivity index (χ1) is 16.1. The molecule has 8 nitrogen and oxygen atoms in total. The Labute approximate surface area is 196 Å². The van der Waals surface area contributed by atoms with E-state index in [1.54, 1.807) is 22.0 Å². The highest BCUT2D eigenvalue weighted by Crippen LogP contribution is 2.39. The average molecular weight is 466 g/mol. The van der Waals surface area contributed by atoms with Crippen LogP contribution in [0.4, 0.5) is 4.79 Å². The van der Waals surface area contributed by atoms with Gasteiger partial charge < -0.3 is 14.5 Å². The summed E-state index contributed by atoms with van der Waals surface area (Å²) in [7, 11) is 0. The summed E-state index contributed by atoms with van der Waals surface area (Å²) in [5.74, 6) is 0.751. The summed E-state index contributed by atoms with van der Waals surface area (Å²) < 4.78 is 12.9. The molecule has 2 aromatic carbocycles. The second-order valence-electron chi connectivity index (χ2n) is 7.84. The monoisotopic (exact) mass is 465 g/mol. The first-order valence-corrected chi connectivity index (χ1v) is 11.3. The number of carbonyl (C=O) groups is 1. The van der Waals surface area contributed by atoms with Gasteiger partial charge in [-0.3, -0.25) is 4.90 Å². The molecule has 1 unspecified atom stereocenters. The number of hydrogen-bond donors (Lipinski definition) is 1. The van der Waals surface area contributed by atoms with Crippen LogP contribution in [0.3, 0.4) is 0 Å². The van der Waals surface area contributed by atoms with Crippen LogP contribution in [-0.4, -0.2) is 50.7 Å². The zero-order chi connectivity index (χ0) is 22.8. The molecule has 5 rings (SSSR count). The van der Waals surface area contributed by atoms with Gasteiger partial charge in [-0.2, -0.15) is 0 Å². The van der Waals surface area contributed by atoms with Gasteiger partial charge in [-0.05, 0) is 54.8 Å². The molecule has 1 aliphatic rings. The van der Waals surface area contributed by atoms with Crippen LogP contribution in [0.25, 0.3) is 10.9 Å². The van der Waals surface area contributed by atoms with Crippen LogP contribution < -0.4 is 4.74 Å². The highest BCUT2D eigenvalue weighted by Gasteiger charge is 2.35. The van der Waals surface area contributed by atoms with E-state index >= 15 is 0 Å². The predicted octanol–water partition coefficient (Wildman–Crippen LogP) is 4.60. The van der Waals surface area contributed by atoms with Gasteiger partial charge in [0.1, 0.15) is 18.4 Å². The molecule has 3 heterocycles. The Morgan fingerprint density at radius 1 is 1.24 bits per heavy atom. The number of rotatable bonds is 6. The van der Waals surface area contributed by atoms with Crippen molar-refractivity contribution in [3.8, 4) is 5.75 Å². The van der Waals surface area contributed by atoms with E-state index in [2.05, 4.69) is 15.3 Å². The summed E-state index contributed by atoms with van der Waals surface area (Å²) in [5.41, 5.74) is 4.16. The number of carbonyl (C=O) groups excluding carboxylic acids is 1. The lowest BCUT2D eigenvalue weighted by atomic mass is 9.92. The zero-order valence-electron chi connectivity index (χ0n) is 18.2. The Bertz CT molecular complexity index is 1250. The molecule has 33 heavy (non-hydrogen) atoms. The van der Waals surface area contributed by atoms with Crippen LogP contribution in [-0.2, 0) is 17.7 Å². The molecule has 0 saturated carbocycles. The van der Waals surface area contributed by atoms with Gasteiger partial charge in [-0.15, -0.1) is 5.10 Å². The number of aromatic nitrogens is 4. The smallest absolute Gasteiger partial charge is 0.410 e. The highest BCUT2D eigenvalue weighted by atomic mass is 35.5. The quantitative estimate of drug-likeness (QED) is 0.450. The molecule has 0 spiro atoms. The van der Waals surface area contributed by atoms with Gasteiger partial charge in [0.2, 0.25) is 0 Å². The maximum Gasteiger partial charge on any atom is 0.410 e. The van der Waals surface area contributed by atoms with Crippen LogP contribution in [0.15, 0.2) is 54.9 Å². The lowest BCUT2D eigenvalue weighted by Gasteiger charge is -2.35. The van der Waals surface area contributed by atoms with Crippen molar-refractivity contribution in [2.75, 3.05) is 19.8 Å². The molecule has 1 atom stereocenters. The third kappa shape index (κ3) is 4.26. The Hall–Kier alpha value is -3.52. The van der Waals surface area contributed by atoms with Crippen LogP contribution in [0.1, 0.15) is 29.8 Å². The van der Waals surface area contributed by atoms with E-state index in [4.69, 9.17) is 21.1 Å². The first-order valence-electron chi connectivity index (χ1n) is 10.9. The zero-order valence-corrected chi connectivity index (χ0v) is 19.0. The minimum Gasteiger partial charge on any atom is -0.492 e. The number of hydrogen-bond acceptors (Lipinski definition) is 5. The molecule has 1 amide bonds. The Morgan fingerprint density at radius 3 is 2.85 bits per heavy atom. The molecule has 0 aliphatic carbocycles. The summed E-state index contributed by atoms with van der Waals surface area (Å²) in [5, 5.41) is 9.51. The molecule has 0 saturated heterocycles. The van der Waals surface area contributed by atoms with Gasteiger partial charge in [0, 0.05) is 34.4 Å². The maximum absolute atomic E-state index is 12.8. The Balaban J connectivity index is 1.44. The topological polar surface area (TPSA) is 85.3 Å². The van der Waals surface area contributed by atoms with Crippen LogP contribution in [0.2, 0.25) is 5.02 Å². The molecule has 0 fully saturated rings. The third-order valence-electron chi connectivity index (χ3n) is 5.85. The fourth-order valence-electron chi connectivity index (χ4n) is 4.37. The van der Waals surface area contributed by atoms with Crippen molar-refractivity contribution in [1.29, 1.82) is 0 Å². The van der Waals surface area contributed by atoms with E-state index in [9.17, 15) is 4.79 Å². The molecule has 2 aromatic heterocycles. The number of halogens is 1. The summed E-state index contributed by atoms with van der Waals surface area (Å²) in [6.45, 7) is 3.80. The summed E-state index contributed by atoms with van der Waals surface area (Å²) >= 11 is 6.26. The number of benzene rings is 2. The molecule has 1 aliphatic heterocycles. The molecule has 9 heteroatoms. The van der Waals surface area contributed by atoms with E-state index in [1.165, 1.54) is 5.56 Å². The van der Waals surface area contributed by atoms with Crippen LogP contribution in [0.5, 0.6) is 5.75 Å². The third-order valence-corrected chi connectivity index (χ3v) is 6.08. The van der Waals surface area contributed by atoms with Crippen molar-refractivity contribution in [2.24, 2.45) is 0 Å². The number of nitrogens with zero attached hydrogens (tertiary/aromatic N) is 4. The second-order valence-corrected chi connectivity index (χ2v) is 8.27.